The van der Waals surface area contributed by atoms with Crippen molar-refractivity contribution in [3.8, 4) is 17.0 Å². The van der Waals surface area contributed by atoms with Gasteiger partial charge < -0.3 is 15.8 Å². The second-order valence-corrected chi connectivity index (χ2v) is 8.77. The van der Waals surface area contributed by atoms with Gasteiger partial charge in [0.1, 0.15) is 11.0 Å². The van der Waals surface area contributed by atoms with Crippen LogP contribution in [0.25, 0.3) is 11.3 Å². The molecule has 0 bridgehead atoms. The van der Waals surface area contributed by atoms with Crippen LogP contribution in [0.4, 0.5) is 10.8 Å². The van der Waals surface area contributed by atoms with Crippen LogP contribution in [-0.4, -0.2) is 18.0 Å². The molecule has 0 aliphatic rings. The van der Waals surface area contributed by atoms with E-state index in [2.05, 4.69) is 10.3 Å². The van der Waals surface area contributed by atoms with Gasteiger partial charge in [-0.25, -0.2) is 4.98 Å². The number of thiazole rings is 1. The van der Waals surface area contributed by atoms with Crippen molar-refractivity contribution in [3.63, 3.8) is 0 Å². The molecule has 4 rings (SSSR count). The van der Waals surface area contributed by atoms with Crippen LogP contribution < -0.4 is 15.8 Å². The SMILES string of the molecule is COc1cccc(-c2csc(NC(=O)C(Sc3ccc(N)cc3)c3ccccc3)n2)c1. The highest BCUT2D eigenvalue weighted by atomic mass is 32.2. The zero-order valence-corrected chi connectivity index (χ0v) is 18.5. The quantitative estimate of drug-likeness (QED) is 0.274. The summed E-state index contributed by atoms with van der Waals surface area (Å²) < 4.78 is 5.29. The third-order valence-corrected chi connectivity index (χ3v) is 6.60. The summed E-state index contributed by atoms with van der Waals surface area (Å²) in [5.74, 6) is 0.639. The van der Waals surface area contributed by atoms with Gasteiger partial charge in [0.05, 0.1) is 12.8 Å². The lowest BCUT2D eigenvalue weighted by Gasteiger charge is -2.16. The minimum absolute atomic E-state index is 0.125. The molecule has 0 aliphatic heterocycles. The predicted octanol–water partition coefficient (Wildman–Crippen LogP) is 5.87. The largest absolute Gasteiger partial charge is 0.497 e. The van der Waals surface area contributed by atoms with Crippen LogP contribution in [0.2, 0.25) is 0 Å². The number of nitrogens with two attached hydrogens (primary N) is 1. The highest BCUT2D eigenvalue weighted by molar-refractivity contribution is 8.00. The van der Waals surface area contributed by atoms with Crippen molar-refractivity contribution in [1.82, 2.24) is 4.98 Å². The number of benzene rings is 3. The maximum atomic E-state index is 13.2. The van der Waals surface area contributed by atoms with Gasteiger partial charge in [0.15, 0.2) is 5.13 Å². The number of nitrogens with one attached hydrogen (secondary N) is 1. The zero-order chi connectivity index (χ0) is 21.6. The first-order valence-corrected chi connectivity index (χ1v) is 11.4. The normalized spacial score (nSPS) is 11.6. The van der Waals surface area contributed by atoms with Crippen LogP contribution in [0.5, 0.6) is 5.75 Å². The Balaban J connectivity index is 1.55. The van der Waals surface area contributed by atoms with Gasteiger partial charge in [0, 0.05) is 21.5 Å². The Morgan fingerprint density at radius 2 is 1.84 bits per heavy atom. The molecule has 0 radical (unpaired) electrons. The van der Waals surface area contributed by atoms with E-state index in [9.17, 15) is 4.79 Å². The van der Waals surface area contributed by atoms with Gasteiger partial charge in [0.25, 0.3) is 0 Å². The van der Waals surface area contributed by atoms with E-state index >= 15 is 0 Å². The smallest absolute Gasteiger partial charge is 0.244 e. The standard InChI is InChI=1S/C24H21N3O2S2/c1-29-19-9-5-8-17(14-19)21-15-30-24(26-21)27-23(28)22(16-6-3-2-4-7-16)31-20-12-10-18(25)11-13-20/h2-15,22H,25H2,1H3,(H,26,27,28). The van der Waals surface area contributed by atoms with E-state index in [4.69, 9.17) is 10.5 Å². The van der Waals surface area contributed by atoms with Gasteiger partial charge in [-0.2, -0.15) is 0 Å². The number of methoxy groups -OCH3 is 1. The lowest BCUT2D eigenvalue weighted by molar-refractivity contribution is -0.115. The molecule has 4 aromatic rings. The number of hydrogen-bond acceptors (Lipinski definition) is 6. The number of amides is 1. The summed E-state index contributed by atoms with van der Waals surface area (Å²) in [5, 5.41) is 5.04. The van der Waals surface area contributed by atoms with E-state index < -0.39 is 5.25 Å². The van der Waals surface area contributed by atoms with Gasteiger partial charge in [-0.1, -0.05) is 42.5 Å². The summed E-state index contributed by atoms with van der Waals surface area (Å²) in [4.78, 5) is 18.8. The molecule has 5 nitrogen and oxygen atoms in total. The molecular weight excluding hydrogens is 426 g/mol. The number of aromatic nitrogens is 1. The van der Waals surface area contributed by atoms with E-state index in [1.807, 2.05) is 84.2 Å². The summed E-state index contributed by atoms with van der Waals surface area (Å²) in [6.45, 7) is 0. The number of nitrogen functional groups attached to an aromatic ring is 1. The predicted molar refractivity (Wildman–Crippen MR) is 129 cm³/mol. The van der Waals surface area contributed by atoms with Gasteiger partial charge in [-0.3, -0.25) is 4.79 Å². The number of rotatable bonds is 7. The Labute approximate surface area is 189 Å². The van der Waals surface area contributed by atoms with E-state index in [0.29, 0.717) is 10.8 Å². The minimum Gasteiger partial charge on any atom is -0.497 e. The molecule has 3 N–H and O–H groups in total. The molecule has 0 spiro atoms. The Morgan fingerprint density at radius 1 is 1.06 bits per heavy atom. The molecule has 1 atom stereocenters. The highest BCUT2D eigenvalue weighted by Crippen LogP contribution is 2.37. The number of hydrogen-bond donors (Lipinski definition) is 2. The van der Waals surface area contributed by atoms with Gasteiger partial charge >= 0.3 is 0 Å². The Hall–Kier alpha value is -3.29. The second kappa shape index (κ2) is 9.68. The third-order valence-electron chi connectivity index (χ3n) is 4.57. The van der Waals surface area contributed by atoms with Crippen LogP contribution in [0.1, 0.15) is 10.8 Å². The fraction of sp³-hybridized carbons (Fsp3) is 0.0833. The average molecular weight is 448 g/mol. The fourth-order valence-electron chi connectivity index (χ4n) is 3.00. The third kappa shape index (κ3) is 5.25. The van der Waals surface area contributed by atoms with Crippen LogP contribution in [0.3, 0.4) is 0 Å². The van der Waals surface area contributed by atoms with Crippen molar-refractivity contribution < 1.29 is 9.53 Å². The van der Waals surface area contributed by atoms with Crippen molar-refractivity contribution >= 4 is 39.8 Å². The molecule has 3 aromatic carbocycles. The molecule has 1 amide bonds. The average Bonchev–Trinajstić information content (AvgIpc) is 3.27. The molecule has 0 fully saturated rings. The lowest BCUT2D eigenvalue weighted by Crippen LogP contribution is -2.18. The molecule has 0 saturated carbocycles. The van der Waals surface area contributed by atoms with Crippen LogP contribution in [0.15, 0.2) is 89.1 Å². The van der Waals surface area contributed by atoms with E-state index in [1.165, 1.54) is 23.1 Å². The Morgan fingerprint density at radius 3 is 2.58 bits per heavy atom. The summed E-state index contributed by atoms with van der Waals surface area (Å²) in [6.07, 6.45) is 0. The van der Waals surface area contributed by atoms with Crippen molar-refractivity contribution in [2.45, 2.75) is 10.1 Å². The first-order chi connectivity index (χ1) is 15.1. The summed E-state index contributed by atoms with van der Waals surface area (Å²) in [7, 11) is 1.63. The van der Waals surface area contributed by atoms with Gasteiger partial charge in [0.2, 0.25) is 5.91 Å². The molecular formula is C24H21N3O2S2. The van der Waals surface area contributed by atoms with Crippen molar-refractivity contribution in [2.24, 2.45) is 0 Å². The minimum atomic E-state index is -0.422. The number of anilines is 2. The van der Waals surface area contributed by atoms with E-state index in [0.717, 1.165) is 27.5 Å². The van der Waals surface area contributed by atoms with Crippen molar-refractivity contribution in [1.29, 1.82) is 0 Å². The summed E-state index contributed by atoms with van der Waals surface area (Å²) in [5.41, 5.74) is 9.14. The van der Waals surface area contributed by atoms with E-state index in [1.54, 1.807) is 7.11 Å². The molecule has 7 heteroatoms. The molecule has 1 heterocycles. The highest BCUT2D eigenvalue weighted by Gasteiger charge is 2.23. The zero-order valence-electron chi connectivity index (χ0n) is 16.8. The maximum Gasteiger partial charge on any atom is 0.244 e. The van der Waals surface area contributed by atoms with Crippen molar-refractivity contribution in [3.05, 3.63) is 89.8 Å². The number of ether oxygens (including phenoxy) is 1. The summed E-state index contributed by atoms with van der Waals surface area (Å²) in [6, 6.07) is 24.9. The first-order valence-electron chi connectivity index (χ1n) is 9.60. The number of thioether (sulfide) groups is 1. The Kier molecular flexibility index (Phi) is 6.54. The number of carbonyl (C=O) groups excluding carboxylic acids is 1. The molecule has 1 aromatic heterocycles. The number of carbonyl (C=O) groups is 1. The Bertz CT molecular complexity index is 1160. The van der Waals surface area contributed by atoms with Gasteiger partial charge in [-0.15, -0.1) is 23.1 Å². The monoisotopic (exact) mass is 447 g/mol. The topological polar surface area (TPSA) is 77.2 Å². The van der Waals surface area contributed by atoms with Gasteiger partial charge in [-0.05, 0) is 42.0 Å². The summed E-state index contributed by atoms with van der Waals surface area (Å²) >= 11 is 2.88. The number of nitrogens with zero attached hydrogens (tertiary/aromatic N) is 1. The van der Waals surface area contributed by atoms with Crippen LogP contribution >= 0.6 is 23.1 Å². The first kappa shape index (κ1) is 21.0. The fourth-order valence-corrected chi connectivity index (χ4v) is 4.75. The van der Waals surface area contributed by atoms with E-state index in [-0.39, 0.29) is 5.91 Å². The maximum absolute atomic E-state index is 13.2. The molecule has 31 heavy (non-hydrogen) atoms. The molecule has 156 valence electrons. The molecule has 0 aliphatic carbocycles. The van der Waals surface area contributed by atoms with Crippen LogP contribution in [0, 0.1) is 0 Å². The van der Waals surface area contributed by atoms with Crippen molar-refractivity contribution in [2.75, 3.05) is 18.2 Å². The second-order valence-electron chi connectivity index (χ2n) is 6.74. The molecule has 0 saturated heterocycles. The molecule has 1 unspecified atom stereocenters. The van der Waals surface area contributed by atoms with Crippen LogP contribution in [-0.2, 0) is 4.79 Å². The lowest BCUT2D eigenvalue weighted by atomic mass is 10.1.